The number of carboxylic acids is 1. The molecule has 0 aromatic heterocycles. The molecule has 0 aliphatic heterocycles. The largest absolute Gasteiger partial charge is 0.478 e. The monoisotopic (exact) mass is 264 g/mol. The van der Waals surface area contributed by atoms with Crippen molar-refractivity contribution in [1.29, 1.82) is 0 Å². The molecule has 0 saturated carbocycles. The summed E-state index contributed by atoms with van der Waals surface area (Å²) in [6.45, 7) is -0.499. The Morgan fingerprint density at radius 2 is 2.00 bits per heavy atom. The van der Waals surface area contributed by atoms with Gasteiger partial charge in [-0.2, -0.15) is 0 Å². The van der Waals surface area contributed by atoms with Crippen LogP contribution in [0.15, 0.2) is 23.1 Å². The summed E-state index contributed by atoms with van der Waals surface area (Å²) in [6.07, 6.45) is 0. The molecular weight excluding hydrogens is 256 g/mol. The normalized spacial score (nSPS) is 11.4. The fourth-order valence-corrected chi connectivity index (χ4v) is 2.48. The zero-order valence-electron chi connectivity index (χ0n) is 8.05. The minimum atomic E-state index is -3.60. The van der Waals surface area contributed by atoms with Crippen LogP contribution in [0.2, 0.25) is 5.02 Å². The minimum Gasteiger partial charge on any atom is -0.478 e. The molecule has 0 fully saturated rings. The predicted molar refractivity (Wildman–Crippen MR) is 57.5 cm³/mol. The molecule has 88 valence electrons. The van der Waals surface area contributed by atoms with E-state index in [1.54, 1.807) is 0 Å². The van der Waals surface area contributed by atoms with Crippen molar-refractivity contribution in [2.75, 3.05) is 12.4 Å². The first kappa shape index (κ1) is 13.0. The van der Waals surface area contributed by atoms with Crippen LogP contribution in [0.1, 0.15) is 10.4 Å². The Balaban J connectivity index is 3.21. The first-order valence-electron chi connectivity index (χ1n) is 4.25. The zero-order chi connectivity index (χ0) is 12.3. The van der Waals surface area contributed by atoms with E-state index in [0.717, 1.165) is 18.2 Å². The number of sulfone groups is 1. The van der Waals surface area contributed by atoms with E-state index in [9.17, 15) is 13.2 Å². The van der Waals surface area contributed by atoms with Gasteiger partial charge in [-0.3, -0.25) is 0 Å². The van der Waals surface area contributed by atoms with Crippen molar-refractivity contribution in [2.24, 2.45) is 0 Å². The average Bonchev–Trinajstić information content (AvgIpc) is 2.16. The summed E-state index contributed by atoms with van der Waals surface area (Å²) in [6, 6.07) is 3.34. The fraction of sp³-hybridized carbons (Fsp3) is 0.222. The van der Waals surface area contributed by atoms with Crippen molar-refractivity contribution < 1.29 is 23.4 Å². The molecule has 0 radical (unpaired) electrons. The van der Waals surface area contributed by atoms with Crippen molar-refractivity contribution in [3.05, 3.63) is 28.8 Å². The third-order valence-corrected chi connectivity index (χ3v) is 3.89. The molecule has 0 atom stereocenters. The Labute approximate surface area is 97.2 Å². The molecule has 0 aliphatic carbocycles. The molecule has 1 aromatic carbocycles. The SMILES string of the molecule is O=C(O)c1ccc(S(=O)(=O)CCO)cc1Cl. The Morgan fingerprint density at radius 1 is 1.38 bits per heavy atom. The molecule has 1 rings (SSSR count). The second kappa shape index (κ2) is 4.82. The molecule has 2 N–H and O–H groups in total. The van der Waals surface area contributed by atoms with Gasteiger partial charge in [-0.1, -0.05) is 11.6 Å². The quantitative estimate of drug-likeness (QED) is 0.839. The van der Waals surface area contributed by atoms with Crippen LogP contribution >= 0.6 is 11.6 Å². The van der Waals surface area contributed by atoms with Gasteiger partial charge in [-0.05, 0) is 18.2 Å². The maximum absolute atomic E-state index is 11.5. The van der Waals surface area contributed by atoms with Crippen LogP contribution in [0.5, 0.6) is 0 Å². The van der Waals surface area contributed by atoms with E-state index in [2.05, 4.69) is 0 Å². The summed E-state index contributed by atoms with van der Waals surface area (Å²) in [7, 11) is -3.60. The van der Waals surface area contributed by atoms with E-state index >= 15 is 0 Å². The molecule has 5 nitrogen and oxygen atoms in total. The third-order valence-electron chi connectivity index (χ3n) is 1.89. The highest BCUT2D eigenvalue weighted by molar-refractivity contribution is 7.91. The number of hydrogen-bond acceptors (Lipinski definition) is 4. The number of aliphatic hydroxyl groups excluding tert-OH is 1. The number of carboxylic acid groups (broad SMARTS) is 1. The molecule has 0 amide bonds. The second-order valence-corrected chi connectivity index (χ2v) is 5.51. The van der Waals surface area contributed by atoms with Crippen LogP contribution in [-0.4, -0.2) is 37.0 Å². The highest BCUT2D eigenvalue weighted by Gasteiger charge is 2.17. The maximum atomic E-state index is 11.5. The van der Waals surface area contributed by atoms with Crippen molar-refractivity contribution in [1.82, 2.24) is 0 Å². The highest BCUT2D eigenvalue weighted by atomic mass is 35.5. The Bertz CT molecular complexity index is 509. The summed E-state index contributed by atoms with van der Waals surface area (Å²) in [5, 5.41) is 17.1. The first-order valence-corrected chi connectivity index (χ1v) is 6.28. The second-order valence-electron chi connectivity index (χ2n) is 2.99. The van der Waals surface area contributed by atoms with E-state index in [4.69, 9.17) is 21.8 Å². The van der Waals surface area contributed by atoms with Gasteiger partial charge in [0, 0.05) is 0 Å². The number of rotatable bonds is 4. The van der Waals surface area contributed by atoms with Gasteiger partial charge in [0.2, 0.25) is 0 Å². The van der Waals surface area contributed by atoms with Crippen molar-refractivity contribution in [2.45, 2.75) is 4.90 Å². The van der Waals surface area contributed by atoms with Gasteiger partial charge in [0.05, 0.1) is 27.8 Å². The lowest BCUT2D eigenvalue weighted by Crippen LogP contribution is -2.10. The molecule has 0 unspecified atom stereocenters. The zero-order valence-corrected chi connectivity index (χ0v) is 9.62. The third kappa shape index (κ3) is 2.72. The standard InChI is InChI=1S/C9H9ClO5S/c10-8-5-6(16(14,15)4-3-11)1-2-7(8)9(12)13/h1-2,5,11H,3-4H2,(H,12,13). The Morgan fingerprint density at radius 3 is 2.44 bits per heavy atom. The number of benzene rings is 1. The lowest BCUT2D eigenvalue weighted by molar-refractivity contribution is 0.0697. The van der Waals surface area contributed by atoms with Crippen molar-refractivity contribution in [3.63, 3.8) is 0 Å². The van der Waals surface area contributed by atoms with Gasteiger partial charge >= 0.3 is 5.97 Å². The van der Waals surface area contributed by atoms with Gasteiger partial charge in [0.25, 0.3) is 0 Å². The first-order chi connectivity index (χ1) is 7.38. The van der Waals surface area contributed by atoms with Gasteiger partial charge in [-0.15, -0.1) is 0 Å². The molecule has 7 heteroatoms. The van der Waals surface area contributed by atoms with Gasteiger partial charge in [-0.25, -0.2) is 13.2 Å². The molecule has 0 spiro atoms. The smallest absolute Gasteiger partial charge is 0.337 e. The van der Waals surface area contributed by atoms with Crippen LogP contribution < -0.4 is 0 Å². The molecule has 16 heavy (non-hydrogen) atoms. The molecular formula is C9H9ClO5S. The van der Waals surface area contributed by atoms with Crippen LogP contribution in [0, 0.1) is 0 Å². The summed E-state index contributed by atoms with van der Waals surface area (Å²) in [5.74, 6) is -1.65. The van der Waals surface area contributed by atoms with Gasteiger partial charge < -0.3 is 10.2 Å². The molecule has 0 saturated heterocycles. The summed E-state index contributed by atoms with van der Waals surface area (Å²) < 4.78 is 23.0. The van der Waals surface area contributed by atoms with Crippen LogP contribution in [0.4, 0.5) is 0 Å². The van der Waals surface area contributed by atoms with Crippen LogP contribution in [-0.2, 0) is 9.84 Å². The summed E-state index contributed by atoms with van der Waals surface area (Å²) >= 11 is 5.62. The average molecular weight is 265 g/mol. The molecule has 0 heterocycles. The van der Waals surface area contributed by atoms with E-state index in [1.807, 2.05) is 0 Å². The summed E-state index contributed by atoms with van der Waals surface area (Å²) in [4.78, 5) is 10.5. The lowest BCUT2D eigenvalue weighted by Gasteiger charge is -2.04. The van der Waals surface area contributed by atoms with Crippen LogP contribution in [0.25, 0.3) is 0 Å². The van der Waals surface area contributed by atoms with E-state index in [0.29, 0.717) is 0 Å². The number of halogens is 1. The number of aliphatic hydroxyl groups is 1. The van der Waals surface area contributed by atoms with E-state index in [1.165, 1.54) is 0 Å². The highest BCUT2D eigenvalue weighted by Crippen LogP contribution is 2.21. The summed E-state index contributed by atoms with van der Waals surface area (Å²) in [5.41, 5.74) is -0.162. The predicted octanol–water partition coefficient (Wildman–Crippen LogP) is 0.804. The van der Waals surface area contributed by atoms with Gasteiger partial charge in [0.15, 0.2) is 9.84 Å². The Hall–Kier alpha value is -1.11. The fourth-order valence-electron chi connectivity index (χ4n) is 1.10. The van der Waals surface area contributed by atoms with Crippen LogP contribution in [0.3, 0.4) is 0 Å². The Kier molecular flexibility index (Phi) is 3.90. The lowest BCUT2D eigenvalue weighted by atomic mass is 10.2. The van der Waals surface area contributed by atoms with Gasteiger partial charge in [0.1, 0.15) is 0 Å². The molecule has 0 aliphatic rings. The molecule has 1 aromatic rings. The van der Waals surface area contributed by atoms with Crippen molar-refractivity contribution in [3.8, 4) is 0 Å². The minimum absolute atomic E-state index is 0.100. The van der Waals surface area contributed by atoms with E-state index < -0.39 is 28.2 Å². The topological polar surface area (TPSA) is 91.7 Å². The van der Waals surface area contributed by atoms with E-state index in [-0.39, 0.29) is 15.5 Å². The number of hydrogen-bond donors (Lipinski definition) is 2. The number of carbonyl (C=O) groups is 1. The molecule has 0 bridgehead atoms. The maximum Gasteiger partial charge on any atom is 0.337 e. The number of aromatic carboxylic acids is 1. The van der Waals surface area contributed by atoms with Crippen molar-refractivity contribution >= 4 is 27.4 Å².